The lowest BCUT2D eigenvalue weighted by Gasteiger charge is -2.24. The maximum atomic E-state index is 2.37. The molecule has 0 amide bonds. The first-order valence-electron chi connectivity index (χ1n) is 4.62. The summed E-state index contributed by atoms with van der Waals surface area (Å²) in [7, 11) is 0. The van der Waals surface area contributed by atoms with Crippen molar-refractivity contribution in [2.24, 2.45) is 17.8 Å². The molecule has 0 aromatic heterocycles. The summed E-state index contributed by atoms with van der Waals surface area (Å²) in [5, 5.41) is 0. The van der Waals surface area contributed by atoms with Gasteiger partial charge in [0.2, 0.25) is 0 Å². The molecular weight excluding hydrogens is 120 g/mol. The van der Waals surface area contributed by atoms with Crippen molar-refractivity contribution in [3.63, 3.8) is 0 Å². The second-order valence-electron chi connectivity index (χ2n) is 4.35. The van der Waals surface area contributed by atoms with Crippen molar-refractivity contribution in [2.45, 2.75) is 39.5 Å². The molecule has 0 aliphatic heterocycles. The van der Waals surface area contributed by atoms with Crippen LogP contribution in [-0.2, 0) is 0 Å². The summed E-state index contributed by atoms with van der Waals surface area (Å²) < 4.78 is 0. The molecule has 57 valence electrons. The van der Waals surface area contributed by atoms with Crippen LogP contribution in [0.3, 0.4) is 0 Å². The first kappa shape index (κ1) is 6.69. The average molecular weight is 137 g/mol. The molecule has 2 fully saturated rings. The van der Waals surface area contributed by atoms with Crippen LogP contribution in [0, 0.1) is 23.7 Å². The highest BCUT2D eigenvalue weighted by Crippen LogP contribution is 2.52. The minimum absolute atomic E-state index is 0.917. The Labute approximate surface area is 64.0 Å². The minimum atomic E-state index is 0.917. The molecule has 0 nitrogen and oxygen atoms in total. The molecule has 0 aromatic carbocycles. The summed E-state index contributed by atoms with van der Waals surface area (Å²) in [6.07, 6.45) is 5.99. The van der Waals surface area contributed by atoms with E-state index in [0.717, 1.165) is 17.8 Å². The van der Waals surface area contributed by atoms with E-state index in [-0.39, 0.29) is 0 Å². The van der Waals surface area contributed by atoms with Crippen molar-refractivity contribution in [2.75, 3.05) is 0 Å². The smallest absolute Gasteiger partial charge is 0.0205 e. The topological polar surface area (TPSA) is 0 Å². The molecule has 2 aliphatic carbocycles. The molecule has 2 saturated carbocycles. The van der Waals surface area contributed by atoms with Crippen LogP contribution < -0.4 is 0 Å². The predicted molar refractivity (Wildman–Crippen MR) is 43.5 cm³/mol. The molecule has 2 unspecified atom stereocenters. The summed E-state index contributed by atoms with van der Waals surface area (Å²) in [4.78, 5) is 0. The number of hydrogen-bond donors (Lipinski definition) is 0. The van der Waals surface area contributed by atoms with Gasteiger partial charge in [0.25, 0.3) is 0 Å². The van der Waals surface area contributed by atoms with E-state index in [4.69, 9.17) is 0 Å². The fourth-order valence-electron chi connectivity index (χ4n) is 2.77. The average Bonchev–Trinajstić information content (AvgIpc) is 2.44. The highest BCUT2D eigenvalue weighted by Gasteiger charge is 2.40. The van der Waals surface area contributed by atoms with Crippen molar-refractivity contribution < 1.29 is 0 Å². The van der Waals surface area contributed by atoms with Crippen molar-refractivity contribution in [1.29, 1.82) is 0 Å². The molecule has 1 radical (unpaired) electrons. The van der Waals surface area contributed by atoms with E-state index in [0.29, 0.717) is 0 Å². The first-order valence-corrected chi connectivity index (χ1v) is 4.62. The number of hydrogen-bond acceptors (Lipinski definition) is 0. The van der Waals surface area contributed by atoms with Crippen LogP contribution in [0.25, 0.3) is 0 Å². The van der Waals surface area contributed by atoms with E-state index in [1.54, 1.807) is 0 Å². The van der Waals surface area contributed by atoms with Gasteiger partial charge in [0, 0.05) is 0 Å². The Balaban J connectivity index is 2.02. The largest absolute Gasteiger partial charge is 0.0625 e. The lowest BCUT2D eigenvalue weighted by Crippen LogP contribution is -2.14. The van der Waals surface area contributed by atoms with Crippen LogP contribution in [0.2, 0.25) is 0 Å². The number of rotatable bonds is 1. The van der Waals surface area contributed by atoms with E-state index in [9.17, 15) is 0 Å². The van der Waals surface area contributed by atoms with Gasteiger partial charge < -0.3 is 0 Å². The minimum Gasteiger partial charge on any atom is -0.0625 e. The van der Waals surface area contributed by atoms with Gasteiger partial charge in [0.15, 0.2) is 0 Å². The Morgan fingerprint density at radius 3 is 2.50 bits per heavy atom. The molecule has 0 spiro atoms. The third-order valence-corrected chi connectivity index (χ3v) is 3.34. The lowest BCUT2D eigenvalue weighted by atomic mass is 9.81. The van der Waals surface area contributed by atoms with Crippen molar-refractivity contribution in [1.82, 2.24) is 0 Å². The Kier molecular flexibility index (Phi) is 1.51. The van der Waals surface area contributed by atoms with E-state index in [1.807, 2.05) is 5.92 Å². The van der Waals surface area contributed by atoms with Crippen molar-refractivity contribution in [3.8, 4) is 0 Å². The van der Waals surface area contributed by atoms with Crippen molar-refractivity contribution in [3.05, 3.63) is 5.92 Å². The van der Waals surface area contributed by atoms with Gasteiger partial charge in [-0.3, -0.25) is 0 Å². The SMILES string of the molecule is CC(C)C1CC2CC[C]1C2. The van der Waals surface area contributed by atoms with Gasteiger partial charge in [0.05, 0.1) is 0 Å². The summed E-state index contributed by atoms with van der Waals surface area (Å²) in [6, 6.07) is 0. The van der Waals surface area contributed by atoms with Crippen molar-refractivity contribution >= 4 is 0 Å². The zero-order chi connectivity index (χ0) is 7.14. The highest BCUT2D eigenvalue weighted by molar-refractivity contribution is 5.10. The normalized spacial score (nSPS) is 39.9. The van der Waals surface area contributed by atoms with Crippen LogP contribution in [-0.4, -0.2) is 0 Å². The molecule has 0 aromatic rings. The van der Waals surface area contributed by atoms with E-state index in [1.165, 1.54) is 25.7 Å². The molecule has 0 heterocycles. The van der Waals surface area contributed by atoms with Crippen LogP contribution >= 0.6 is 0 Å². The van der Waals surface area contributed by atoms with Crippen LogP contribution in [0.15, 0.2) is 0 Å². The summed E-state index contributed by atoms with van der Waals surface area (Å²) in [5.41, 5.74) is 0. The Bertz CT molecular complexity index is 126. The maximum absolute atomic E-state index is 2.37. The first-order chi connectivity index (χ1) is 4.77. The molecule has 0 heteroatoms. The molecule has 2 bridgehead atoms. The Morgan fingerprint density at radius 2 is 2.20 bits per heavy atom. The van der Waals surface area contributed by atoms with E-state index < -0.39 is 0 Å². The second kappa shape index (κ2) is 2.25. The highest BCUT2D eigenvalue weighted by atomic mass is 14.5. The van der Waals surface area contributed by atoms with Gasteiger partial charge >= 0.3 is 0 Å². The monoisotopic (exact) mass is 137 g/mol. The van der Waals surface area contributed by atoms with Gasteiger partial charge in [-0.25, -0.2) is 0 Å². The molecule has 0 N–H and O–H groups in total. The van der Waals surface area contributed by atoms with Crippen LogP contribution in [0.1, 0.15) is 39.5 Å². The molecule has 2 atom stereocenters. The van der Waals surface area contributed by atoms with Gasteiger partial charge in [-0.15, -0.1) is 0 Å². The second-order valence-corrected chi connectivity index (χ2v) is 4.35. The summed E-state index contributed by atoms with van der Waals surface area (Å²) >= 11 is 0. The van der Waals surface area contributed by atoms with E-state index >= 15 is 0 Å². The Hall–Kier alpha value is 0. The van der Waals surface area contributed by atoms with E-state index in [2.05, 4.69) is 13.8 Å². The fraction of sp³-hybridized carbons (Fsp3) is 0.900. The predicted octanol–water partition coefficient (Wildman–Crippen LogP) is 3.04. The Morgan fingerprint density at radius 1 is 1.40 bits per heavy atom. The third-order valence-electron chi connectivity index (χ3n) is 3.34. The van der Waals surface area contributed by atoms with Gasteiger partial charge in [-0.1, -0.05) is 13.8 Å². The standard InChI is InChI=1S/C10H17/c1-7(2)10-6-8-3-4-9(10)5-8/h7-8,10H,3-6H2,1-2H3. The van der Waals surface area contributed by atoms with Gasteiger partial charge in [-0.05, 0) is 49.4 Å². The van der Waals surface area contributed by atoms with Crippen LogP contribution in [0.4, 0.5) is 0 Å². The zero-order valence-electron chi connectivity index (χ0n) is 7.06. The lowest BCUT2D eigenvalue weighted by molar-refractivity contribution is 0.342. The maximum Gasteiger partial charge on any atom is -0.0205 e. The molecular formula is C10H17. The summed E-state index contributed by atoms with van der Waals surface area (Å²) in [6.45, 7) is 4.75. The molecule has 2 rings (SSSR count). The molecule has 2 aliphatic rings. The fourth-order valence-corrected chi connectivity index (χ4v) is 2.77. The number of fused-ring (bicyclic) bond motifs is 2. The van der Waals surface area contributed by atoms with Gasteiger partial charge in [0.1, 0.15) is 0 Å². The van der Waals surface area contributed by atoms with Gasteiger partial charge in [-0.2, -0.15) is 0 Å². The molecule has 10 heavy (non-hydrogen) atoms. The van der Waals surface area contributed by atoms with Crippen LogP contribution in [0.5, 0.6) is 0 Å². The third kappa shape index (κ3) is 0.889. The summed E-state index contributed by atoms with van der Waals surface area (Å²) in [5.74, 6) is 4.93. The molecule has 0 saturated heterocycles. The quantitative estimate of drug-likeness (QED) is 0.521. The zero-order valence-corrected chi connectivity index (χ0v) is 7.06.